The highest BCUT2D eigenvalue weighted by Crippen LogP contribution is 2.40. The van der Waals surface area contributed by atoms with Gasteiger partial charge in [-0.2, -0.15) is 0 Å². The van der Waals surface area contributed by atoms with Gasteiger partial charge in [0.25, 0.3) is 0 Å². The Labute approximate surface area is 213 Å². The maximum atomic E-state index is 6.11. The van der Waals surface area contributed by atoms with Crippen LogP contribution < -0.4 is 11.1 Å². The normalized spacial score (nSPS) is 13.7. The Hall–Kier alpha value is -4.53. The van der Waals surface area contributed by atoms with Gasteiger partial charge in [0.05, 0.1) is 17.8 Å². The van der Waals surface area contributed by atoms with Gasteiger partial charge in [0.15, 0.2) is 11.3 Å². The van der Waals surface area contributed by atoms with Crippen LogP contribution >= 0.6 is 0 Å². The number of rotatable bonds is 6. The van der Waals surface area contributed by atoms with Gasteiger partial charge in [0.1, 0.15) is 11.5 Å². The smallest absolute Gasteiger partial charge is 0.156 e. The second-order valence-corrected chi connectivity index (χ2v) is 9.95. The maximum Gasteiger partial charge on any atom is 0.156 e. The van der Waals surface area contributed by atoms with Crippen molar-refractivity contribution in [1.82, 2.24) is 34.3 Å². The third-order valence-corrected chi connectivity index (χ3v) is 7.47. The van der Waals surface area contributed by atoms with E-state index in [-0.39, 0.29) is 0 Å². The molecule has 1 aliphatic rings. The van der Waals surface area contributed by atoms with Gasteiger partial charge in [-0.3, -0.25) is 0 Å². The molecule has 0 saturated heterocycles. The largest absolute Gasteiger partial charge is 0.383 e. The van der Waals surface area contributed by atoms with Crippen molar-refractivity contribution in [3.8, 4) is 0 Å². The lowest BCUT2D eigenvalue weighted by molar-refractivity contribution is 0.660. The summed E-state index contributed by atoms with van der Waals surface area (Å²) in [6.45, 7) is 5.38. The SMILES string of the molecule is Cc1cc2c(N)nccc2c(C)c1CNc1nccc2c1nnn2Cc1cn2cc(C3CC3)ccc2n1. The number of aromatic nitrogens is 7. The molecular weight excluding hydrogens is 462 g/mol. The van der Waals surface area contributed by atoms with Crippen molar-refractivity contribution in [2.45, 2.75) is 45.7 Å². The molecule has 184 valence electrons. The fraction of sp³-hybridized carbons (Fsp3) is 0.250. The molecule has 7 rings (SSSR count). The lowest BCUT2D eigenvalue weighted by atomic mass is 9.96. The van der Waals surface area contributed by atoms with Crippen molar-refractivity contribution < 1.29 is 0 Å². The fourth-order valence-electron chi connectivity index (χ4n) is 5.27. The highest BCUT2D eigenvalue weighted by Gasteiger charge is 2.24. The third-order valence-electron chi connectivity index (χ3n) is 7.47. The van der Waals surface area contributed by atoms with Crippen molar-refractivity contribution in [3.05, 3.63) is 83.1 Å². The van der Waals surface area contributed by atoms with Gasteiger partial charge < -0.3 is 15.5 Å². The lowest BCUT2D eigenvalue weighted by Crippen LogP contribution is -2.07. The number of pyridine rings is 3. The van der Waals surface area contributed by atoms with Gasteiger partial charge in [-0.1, -0.05) is 11.3 Å². The predicted molar refractivity (Wildman–Crippen MR) is 145 cm³/mol. The molecule has 9 nitrogen and oxygen atoms in total. The molecule has 6 aromatic rings. The summed E-state index contributed by atoms with van der Waals surface area (Å²) in [6, 6.07) is 10.4. The van der Waals surface area contributed by atoms with Gasteiger partial charge in [-0.25, -0.2) is 19.6 Å². The maximum absolute atomic E-state index is 6.11. The molecule has 5 aromatic heterocycles. The van der Waals surface area contributed by atoms with E-state index in [1.165, 1.54) is 29.5 Å². The molecule has 37 heavy (non-hydrogen) atoms. The molecule has 1 saturated carbocycles. The minimum absolute atomic E-state index is 0.540. The highest BCUT2D eigenvalue weighted by molar-refractivity contribution is 5.94. The number of benzene rings is 1. The summed E-state index contributed by atoms with van der Waals surface area (Å²) in [4.78, 5) is 13.6. The predicted octanol–water partition coefficient (Wildman–Crippen LogP) is 4.76. The van der Waals surface area contributed by atoms with Crippen LogP contribution in [0.4, 0.5) is 11.6 Å². The average molecular weight is 490 g/mol. The van der Waals surface area contributed by atoms with E-state index in [1.54, 1.807) is 12.4 Å². The average Bonchev–Trinajstić information content (AvgIpc) is 3.55. The number of anilines is 2. The van der Waals surface area contributed by atoms with Crippen LogP contribution in [-0.4, -0.2) is 34.3 Å². The Morgan fingerprint density at radius 1 is 1.03 bits per heavy atom. The Morgan fingerprint density at radius 2 is 1.89 bits per heavy atom. The summed E-state index contributed by atoms with van der Waals surface area (Å²) in [5, 5.41) is 14.5. The number of nitrogens with zero attached hydrogens (tertiary/aromatic N) is 7. The van der Waals surface area contributed by atoms with E-state index in [0.717, 1.165) is 38.7 Å². The second kappa shape index (κ2) is 8.26. The van der Waals surface area contributed by atoms with E-state index in [4.69, 9.17) is 10.7 Å². The summed E-state index contributed by atoms with van der Waals surface area (Å²) in [7, 11) is 0. The summed E-state index contributed by atoms with van der Waals surface area (Å²) < 4.78 is 4.00. The molecular formula is C28H27N9. The van der Waals surface area contributed by atoms with Gasteiger partial charge >= 0.3 is 0 Å². The van der Waals surface area contributed by atoms with Crippen LogP contribution in [0.3, 0.4) is 0 Å². The quantitative estimate of drug-likeness (QED) is 0.347. The second-order valence-electron chi connectivity index (χ2n) is 9.95. The molecule has 0 amide bonds. The summed E-state index contributed by atoms with van der Waals surface area (Å²) in [6.07, 6.45) is 10.4. The lowest BCUT2D eigenvalue weighted by Gasteiger charge is -2.15. The number of nitrogens with two attached hydrogens (primary N) is 1. The van der Waals surface area contributed by atoms with Crippen LogP contribution in [-0.2, 0) is 13.1 Å². The first-order valence-corrected chi connectivity index (χ1v) is 12.6. The summed E-state index contributed by atoms with van der Waals surface area (Å²) in [5.74, 6) is 1.98. The fourth-order valence-corrected chi connectivity index (χ4v) is 5.27. The molecule has 3 N–H and O–H groups in total. The monoisotopic (exact) mass is 489 g/mol. The number of imidazole rings is 1. The Morgan fingerprint density at radius 3 is 2.76 bits per heavy atom. The molecule has 0 aliphatic heterocycles. The zero-order valence-electron chi connectivity index (χ0n) is 20.8. The zero-order valence-corrected chi connectivity index (χ0v) is 20.8. The molecule has 5 heterocycles. The van der Waals surface area contributed by atoms with Gasteiger partial charge in [0, 0.05) is 36.7 Å². The minimum Gasteiger partial charge on any atom is -0.383 e. The van der Waals surface area contributed by atoms with E-state index in [0.29, 0.717) is 30.6 Å². The standard InChI is InChI=1S/C28H27N9/c1-16-11-22-21(7-9-30-27(22)29)17(2)23(16)12-32-28-26-24(8-10-31-28)37(35-34-26)15-20-14-36-13-19(18-3-4-18)5-6-25(36)33-20/h5-11,13-14,18H,3-4,12,15H2,1-2H3,(H2,29,30)(H,31,32). The molecule has 0 spiro atoms. The van der Waals surface area contributed by atoms with E-state index >= 15 is 0 Å². The Kier molecular flexibility index (Phi) is 4.85. The van der Waals surface area contributed by atoms with Gasteiger partial charge in [-0.05, 0) is 84.5 Å². The minimum atomic E-state index is 0.540. The first-order valence-electron chi connectivity index (χ1n) is 12.6. The van der Waals surface area contributed by atoms with Crippen LogP contribution in [0.15, 0.2) is 55.1 Å². The van der Waals surface area contributed by atoms with Crippen LogP contribution in [0.5, 0.6) is 0 Å². The highest BCUT2D eigenvalue weighted by atomic mass is 15.4. The van der Waals surface area contributed by atoms with Crippen LogP contribution in [0.25, 0.3) is 27.5 Å². The Balaban J connectivity index is 1.16. The van der Waals surface area contributed by atoms with Crippen LogP contribution in [0.2, 0.25) is 0 Å². The van der Waals surface area contributed by atoms with Crippen molar-refractivity contribution in [2.75, 3.05) is 11.1 Å². The molecule has 0 unspecified atom stereocenters. The molecule has 1 aliphatic carbocycles. The van der Waals surface area contributed by atoms with Gasteiger partial charge in [-0.15, -0.1) is 5.10 Å². The first-order chi connectivity index (χ1) is 18.0. The van der Waals surface area contributed by atoms with E-state index in [1.807, 2.05) is 16.8 Å². The van der Waals surface area contributed by atoms with Crippen molar-refractivity contribution in [1.29, 1.82) is 0 Å². The number of hydrogen-bond donors (Lipinski definition) is 2. The number of aryl methyl sites for hydroxylation is 2. The van der Waals surface area contributed by atoms with Gasteiger partial charge in [0.2, 0.25) is 0 Å². The van der Waals surface area contributed by atoms with Crippen LogP contribution in [0.1, 0.15) is 46.7 Å². The van der Waals surface area contributed by atoms with Crippen molar-refractivity contribution in [2.24, 2.45) is 0 Å². The third kappa shape index (κ3) is 3.74. The molecule has 1 fully saturated rings. The number of hydrogen-bond acceptors (Lipinski definition) is 7. The Bertz CT molecular complexity index is 1810. The van der Waals surface area contributed by atoms with E-state index < -0.39 is 0 Å². The molecule has 0 radical (unpaired) electrons. The number of nitrogen functional groups attached to an aromatic ring is 1. The zero-order chi connectivity index (χ0) is 25.1. The number of nitrogens with one attached hydrogen (secondary N) is 1. The number of fused-ring (bicyclic) bond motifs is 3. The molecule has 0 bridgehead atoms. The van der Waals surface area contributed by atoms with E-state index in [9.17, 15) is 0 Å². The summed E-state index contributed by atoms with van der Waals surface area (Å²) in [5.41, 5.74) is 14.6. The molecule has 9 heteroatoms. The van der Waals surface area contributed by atoms with Crippen LogP contribution in [0, 0.1) is 13.8 Å². The van der Waals surface area contributed by atoms with Crippen molar-refractivity contribution >= 4 is 39.1 Å². The van der Waals surface area contributed by atoms with Crippen molar-refractivity contribution in [3.63, 3.8) is 0 Å². The molecule has 1 aromatic carbocycles. The first kappa shape index (κ1) is 21.7. The topological polar surface area (TPSA) is 112 Å². The summed E-state index contributed by atoms with van der Waals surface area (Å²) >= 11 is 0. The van der Waals surface area contributed by atoms with E-state index in [2.05, 4.69) is 74.4 Å². The molecule has 0 atom stereocenters.